The monoisotopic (exact) mass is 352 g/mol. The van der Waals surface area contributed by atoms with Gasteiger partial charge in [0.05, 0.1) is 0 Å². The van der Waals surface area contributed by atoms with Crippen molar-refractivity contribution in [3.05, 3.63) is 65.7 Å². The van der Waals surface area contributed by atoms with E-state index in [4.69, 9.17) is 10.5 Å². The van der Waals surface area contributed by atoms with Crippen LogP contribution in [0.2, 0.25) is 0 Å². The smallest absolute Gasteiger partial charge is 0.260 e. The van der Waals surface area contributed by atoms with Crippen molar-refractivity contribution in [2.24, 2.45) is 11.7 Å². The Morgan fingerprint density at radius 1 is 1.19 bits per heavy atom. The van der Waals surface area contributed by atoms with Crippen LogP contribution in [-0.4, -0.2) is 36.5 Å². The number of carbonyl (C=O) groups is 1. The number of hydrogen-bond donors (Lipinski definition) is 1. The molecule has 4 nitrogen and oxygen atoms in total. The normalized spacial score (nSPS) is 18.4. The van der Waals surface area contributed by atoms with Gasteiger partial charge in [0, 0.05) is 25.6 Å². The summed E-state index contributed by atoms with van der Waals surface area (Å²) in [4.78, 5) is 14.5. The van der Waals surface area contributed by atoms with Gasteiger partial charge in [-0.15, -0.1) is 0 Å². The van der Waals surface area contributed by atoms with E-state index in [1.165, 1.54) is 5.56 Å². The highest BCUT2D eigenvalue weighted by Crippen LogP contribution is 2.22. The zero-order valence-corrected chi connectivity index (χ0v) is 15.4. The standard InChI is InChI=1S/C22H28N2O2/c1-17(23)20-11-7-13-24(15-20)22(25)16-26-21-12-6-5-10-19(21)14-18-8-3-2-4-9-18/h2-6,8-10,12,17,20H,7,11,13-16,23H2,1H3. The largest absolute Gasteiger partial charge is 0.483 e. The number of likely N-dealkylation sites (tertiary alicyclic amines) is 1. The fraction of sp³-hybridized carbons (Fsp3) is 0.409. The molecule has 1 fully saturated rings. The molecular formula is C22H28N2O2. The van der Waals surface area contributed by atoms with Crippen LogP contribution in [0.5, 0.6) is 5.75 Å². The molecule has 1 saturated heterocycles. The van der Waals surface area contributed by atoms with Crippen LogP contribution in [0, 0.1) is 5.92 Å². The van der Waals surface area contributed by atoms with Crippen LogP contribution in [-0.2, 0) is 11.2 Å². The van der Waals surface area contributed by atoms with Crippen molar-refractivity contribution >= 4 is 5.91 Å². The predicted molar refractivity (Wildman–Crippen MR) is 104 cm³/mol. The lowest BCUT2D eigenvalue weighted by Crippen LogP contribution is -2.46. The van der Waals surface area contributed by atoms with E-state index in [-0.39, 0.29) is 18.6 Å². The van der Waals surface area contributed by atoms with E-state index in [9.17, 15) is 4.79 Å². The summed E-state index contributed by atoms with van der Waals surface area (Å²) in [5, 5.41) is 0. The Morgan fingerprint density at radius 3 is 2.69 bits per heavy atom. The number of nitrogens with zero attached hydrogens (tertiary/aromatic N) is 1. The maximum atomic E-state index is 12.6. The third-order valence-corrected chi connectivity index (χ3v) is 5.12. The molecule has 2 aromatic carbocycles. The zero-order valence-electron chi connectivity index (χ0n) is 15.4. The van der Waals surface area contributed by atoms with Gasteiger partial charge in [0.15, 0.2) is 6.61 Å². The van der Waals surface area contributed by atoms with Crippen LogP contribution < -0.4 is 10.5 Å². The van der Waals surface area contributed by atoms with Crippen LogP contribution in [0.3, 0.4) is 0 Å². The predicted octanol–water partition coefficient (Wildman–Crippen LogP) is 3.24. The van der Waals surface area contributed by atoms with Crippen LogP contribution in [0.25, 0.3) is 0 Å². The summed E-state index contributed by atoms with van der Waals surface area (Å²) in [5.74, 6) is 1.22. The van der Waals surface area contributed by atoms with Crippen molar-refractivity contribution in [1.82, 2.24) is 4.90 Å². The molecule has 1 aliphatic rings. The highest BCUT2D eigenvalue weighted by molar-refractivity contribution is 5.78. The Balaban J connectivity index is 1.60. The van der Waals surface area contributed by atoms with Crippen molar-refractivity contribution in [3.8, 4) is 5.75 Å². The van der Waals surface area contributed by atoms with E-state index in [1.807, 2.05) is 48.2 Å². The summed E-state index contributed by atoms with van der Waals surface area (Å²) >= 11 is 0. The number of amides is 1. The molecule has 26 heavy (non-hydrogen) atoms. The van der Waals surface area contributed by atoms with E-state index in [0.717, 1.165) is 43.7 Å². The molecule has 0 aromatic heterocycles. The van der Waals surface area contributed by atoms with Crippen molar-refractivity contribution in [3.63, 3.8) is 0 Å². The number of para-hydroxylation sites is 1. The number of nitrogens with two attached hydrogens (primary N) is 1. The van der Waals surface area contributed by atoms with Gasteiger partial charge in [-0.2, -0.15) is 0 Å². The average Bonchev–Trinajstić information content (AvgIpc) is 2.68. The van der Waals surface area contributed by atoms with Crippen LogP contribution in [0.4, 0.5) is 0 Å². The number of carbonyl (C=O) groups excluding carboxylic acids is 1. The van der Waals surface area contributed by atoms with E-state index in [1.54, 1.807) is 0 Å². The first kappa shape index (κ1) is 18.5. The number of rotatable bonds is 6. The van der Waals surface area contributed by atoms with Gasteiger partial charge >= 0.3 is 0 Å². The summed E-state index contributed by atoms with van der Waals surface area (Å²) in [6.07, 6.45) is 2.91. The Bertz CT molecular complexity index is 715. The molecule has 1 amide bonds. The molecule has 1 aliphatic heterocycles. The van der Waals surface area contributed by atoms with Crippen molar-refractivity contribution in [2.75, 3.05) is 19.7 Å². The molecule has 2 aromatic rings. The third-order valence-electron chi connectivity index (χ3n) is 5.12. The van der Waals surface area contributed by atoms with E-state index < -0.39 is 0 Å². The van der Waals surface area contributed by atoms with E-state index in [2.05, 4.69) is 18.2 Å². The summed E-state index contributed by atoms with van der Waals surface area (Å²) in [6, 6.07) is 18.4. The van der Waals surface area contributed by atoms with Crippen molar-refractivity contribution in [2.45, 2.75) is 32.2 Å². The Labute approximate surface area is 156 Å². The molecule has 2 N–H and O–H groups in total. The lowest BCUT2D eigenvalue weighted by Gasteiger charge is -2.34. The molecule has 138 valence electrons. The summed E-state index contributed by atoms with van der Waals surface area (Å²) in [5.41, 5.74) is 8.34. The van der Waals surface area contributed by atoms with Gasteiger partial charge in [-0.05, 0) is 42.9 Å². The molecule has 0 spiro atoms. The number of piperidine rings is 1. The molecule has 0 aliphatic carbocycles. The minimum atomic E-state index is 0.0462. The lowest BCUT2D eigenvalue weighted by molar-refractivity contribution is -0.135. The van der Waals surface area contributed by atoms with Crippen molar-refractivity contribution < 1.29 is 9.53 Å². The maximum Gasteiger partial charge on any atom is 0.260 e. The fourth-order valence-electron chi connectivity index (χ4n) is 3.50. The highest BCUT2D eigenvalue weighted by Gasteiger charge is 2.26. The van der Waals surface area contributed by atoms with E-state index in [0.29, 0.717) is 5.92 Å². The van der Waals surface area contributed by atoms with Gasteiger partial charge in [0.1, 0.15) is 5.75 Å². The fourth-order valence-corrected chi connectivity index (χ4v) is 3.50. The van der Waals surface area contributed by atoms with Gasteiger partial charge in [-0.1, -0.05) is 48.5 Å². The SMILES string of the molecule is CC(N)C1CCCN(C(=O)COc2ccccc2Cc2ccccc2)C1. The molecule has 0 radical (unpaired) electrons. The molecule has 2 unspecified atom stereocenters. The number of hydrogen-bond acceptors (Lipinski definition) is 3. The first-order valence-electron chi connectivity index (χ1n) is 9.41. The Hall–Kier alpha value is -2.33. The van der Waals surface area contributed by atoms with Crippen molar-refractivity contribution in [1.29, 1.82) is 0 Å². The van der Waals surface area contributed by atoms with Gasteiger partial charge in [-0.3, -0.25) is 4.79 Å². The molecular weight excluding hydrogens is 324 g/mol. The second-order valence-corrected chi connectivity index (χ2v) is 7.16. The van der Waals surface area contributed by atoms with E-state index >= 15 is 0 Å². The third kappa shape index (κ3) is 4.85. The number of ether oxygens (including phenoxy) is 1. The minimum absolute atomic E-state index is 0.0462. The molecule has 4 heteroatoms. The quantitative estimate of drug-likeness (QED) is 0.868. The van der Waals surface area contributed by atoms with Gasteiger partial charge in [0.2, 0.25) is 0 Å². The second-order valence-electron chi connectivity index (χ2n) is 7.16. The molecule has 0 bridgehead atoms. The summed E-state index contributed by atoms with van der Waals surface area (Å²) in [7, 11) is 0. The molecule has 2 atom stereocenters. The summed E-state index contributed by atoms with van der Waals surface area (Å²) in [6.45, 7) is 3.65. The zero-order chi connectivity index (χ0) is 18.4. The maximum absolute atomic E-state index is 12.6. The topological polar surface area (TPSA) is 55.6 Å². The highest BCUT2D eigenvalue weighted by atomic mass is 16.5. The van der Waals surface area contributed by atoms with Crippen LogP contribution >= 0.6 is 0 Å². The Kier molecular flexibility index (Phi) is 6.29. The van der Waals surface area contributed by atoms with Crippen LogP contribution in [0.15, 0.2) is 54.6 Å². The first-order valence-corrected chi connectivity index (χ1v) is 9.41. The second kappa shape index (κ2) is 8.86. The Morgan fingerprint density at radius 2 is 1.92 bits per heavy atom. The van der Waals surface area contributed by atoms with Crippen LogP contribution in [0.1, 0.15) is 30.9 Å². The van der Waals surface area contributed by atoms with Gasteiger partial charge in [0.25, 0.3) is 5.91 Å². The number of benzene rings is 2. The summed E-state index contributed by atoms with van der Waals surface area (Å²) < 4.78 is 5.90. The first-order chi connectivity index (χ1) is 12.6. The van der Waals surface area contributed by atoms with Gasteiger partial charge in [-0.25, -0.2) is 0 Å². The molecule has 3 rings (SSSR count). The lowest BCUT2D eigenvalue weighted by atomic mass is 9.92. The molecule has 1 heterocycles. The van der Waals surface area contributed by atoms with Gasteiger partial charge < -0.3 is 15.4 Å². The molecule has 0 saturated carbocycles. The minimum Gasteiger partial charge on any atom is -0.483 e. The average molecular weight is 352 g/mol.